The number of carbonyl (C=O) groups is 3. The number of rotatable bonds is 26. The zero-order chi connectivity index (χ0) is 87.1. The fraction of sp³-hybridized carbons (Fsp3) is 0.770. The van der Waals surface area contributed by atoms with Crippen molar-refractivity contribution in [2.75, 3.05) is 26.9 Å². The van der Waals surface area contributed by atoms with Gasteiger partial charge in [-0.2, -0.15) is 0 Å². The Balaban J connectivity index is 0.700. The smallest absolute Gasteiger partial charge is 0.317 e. The van der Waals surface area contributed by atoms with Gasteiger partial charge in [0.25, 0.3) is 0 Å². The first-order chi connectivity index (χ1) is 58.0. The van der Waals surface area contributed by atoms with Crippen LogP contribution in [0, 0.1) is 104 Å². The van der Waals surface area contributed by atoms with E-state index in [4.69, 9.17) is 91.0 Å². The van der Waals surface area contributed by atoms with Crippen molar-refractivity contribution < 1.29 is 99.6 Å². The lowest BCUT2D eigenvalue weighted by molar-refractivity contribution is -0.374. The first kappa shape index (κ1) is 92.2. The Hall–Kier alpha value is -4.51. The van der Waals surface area contributed by atoms with Gasteiger partial charge in [0.2, 0.25) is 6.29 Å². The highest BCUT2D eigenvalue weighted by Crippen LogP contribution is 2.76. The molecule has 7 heterocycles. The SMILES string of the molecule is CCC1O[C@@H](OC2[C@H](O[C@H]3CCC4(C)C5CC=C6C7CC(C)(C)CC[C@]7(C(=O)O[C@@H]7OC(COCc8ccccc8)[C@H](N)C(C)C7O[C@@H]7OC(C)[C@H](O[C@@H]8OC[C@@H](OCc9ccccc9)C(OCc9ccccc9)C8C)C8OC(C)(C)OC87)C(OC)C[C@@]6(C)[C@@]5(C)CC[C@H]4[C@@]3(C)C=O)OC(C(C)=O)[C@@H](C)[C@@H]2O[C@@H]2OC[C@@H](C)[C@H](C)C2C)C(C)[C@@H](C)[C@H]1C. The van der Waals surface area contributed by atoms with E-state index in [2.05, 4.69) is 115 Å². The third-order valence-electron chi connectivity index (χ3n) is 33.7. The Labute approximate surface area is 727 Å². The first-order valence-corrected chi connectivity index (χ1v) is 46.6. The van der Waals surface area contributed by atoms with Crippen molar-refractivity contribution >= 4 is 18.0 Å². The molecule has 0 aromatic heterocycles. The number of allylic oxidation sites excluding steroid dienone is 2. The largest absolute Gasteiger partial charge is 0.432 e. The van der Waals surface area contributed by atoms with E-state index in [0.29, 0.717) is 69.9 Å². The monoisotopic (exact) mass is 1700 g/mol. The molecule has 0 spiro atoms. The molecule has 678 valence electrons. The van der Waals surface area contributed by atoms with Gasteiger partial charge in [-0.25, -0.2) is 0 Å². The summed E-state index contributed by atoms with van der Waals surface area (Å²) in [5.74, 6) is -1.84. The van der Waals surface area contributed by atoms with Crippen LogP contribution in [0.15, 0.2) is 103 Å². The Morgan fingerprint density at radius 2 is 1.14 bits per heavy atom. The lowest BCUT2D eigenvalue weighted by atomic mass is 9.33. The van der Waals surface area contributed by atoms with E-state index in [1.54, 1.807) is 14.0 Å². The quantitative estimate of drug-likeness (QED) is 0.0340. The summed E-state index contributed by atoms with van der Waals surface area (Å²) in [5, 5.41) is 0. The third kappa shape index (κ3) is 17.3. The molecule has 38 atom stereocenters. The van der Waals surface area contributed by atoms with Crippen LogP contribution in [-0.4, -0.2) is 180 Å². The van der Waals surface area contributed by atoms with Crippen molar-refractivity contribution in [1.82, 2.24) is 0 Å². The van der Waals surface area contributed by atoms with E-state index in [1.807, 2.05) is 113 Å². The zero-order valence-electron chi connectivity index (χ0n) is 76.8. The van der Waals surface area contributed by atoms with Crippen molar-refractivity contribution in [3.8, 4) is 0 Å². The predicted molar refractivity (Wildman–Crippen MR) is 457 cm³/mol. The molecule has 17 unspecified atom stereocenters. The van der Waals surface area contributed by atoms with Gasteiger partial charge in [0.05, 0.1) is 81.7 Å². The summed E-state index contributed by atoms with van der Waals surface area (Å²) in [6.45, 7) is 45.1. The molecule has 0 amide bonds. The van der Waals surface area contributed by atoms with Crippen molar-refractivity contribution in [1.29, 1.82) is 0 Å². The highest BCUT2D eigenvalue weighted by atomic mass is 16.8. The highest BCUT2D eigenvalue weighted by molar-refractivity contribution is 5.81. The molecule has 3 aromatic carbocycles. The van der Waals surface area contributed by atoms with Crippen molar-refractivity contribution in [3.63, 3.8) is 0 Å². The summed E-state index contributed by atoms with van der Waals surface area (Å²) in [6.07, 6.45) is -3.74. The molecular formula is C100H147NO21. The van der Waals surface area contributed by atoms with Crippen LogP contribution >= 0.6 is 0 Å². The third-order valence-corrected chi connectivity index (χ3v) is 33.7. The normalized spacial score (nSPS) is 46.6. The average molecular weight is 1700 g/mol. The number of carbonyl (C=O) groups excluding carboxylic acids is 3. The van der Waals surface area contributed by atoms with Crippen LogP contribution in [0.2, 0.25) is 0 Å². The second kappa shape index (κ2) is 36.8. The van der Waals surface area contributed by atoms with E-state index in [9.17, 15) is 9.59 Å². The molecule has 0 bridgehead atoms. The van der Waals surface area contributed by atoms with Gasteiger partial charge in [-0.05, 0) is 172 Å². The molecule has 5 aliphatic carbocycles. The lowest BCUT2D eigenvalue weighted by Crippen LogP contribution is -2.69. The second-order valence-electron chi connectivity index (χ2n) is 41.9. The molecule has 11 fully saturated rings. The number of hydrogen-bond donors (Lipinski definition) is 1. The van der Waals surface area contributed by atoms with Gasteiger partial charge in [-0.15, -0.1) is 0 Å². The van der Waals surface area contributed by atoms with Gasteiger partial charge in [-0.3, -0.25) is 9.59 Å². The molecule has 3 aromatic rings. The number of aldehydes is 1. The van der Waals surface area contributed by atoms with Crippen LogP contribution < -0.4 is 5.73 Å². The summed E-state index contributed by atoms with van der Waals surface area (Å²) in [5.41, 5.74) is 8.29. The molecule has 15 rings (SSSR count). The summed E-state index contributed by atoms with van der Waals surface area (Å²) in [4.78, 5) is 45.7. The van der Waals surface area contributed by atoms with Gasteiger partial charge in [0, 0.05) is 42.7 Å². The van der Waals surface area contributed by atoms with Crippen LogP contribution in [-0.2, 0) is 119 Å². The topological polar surface area (TPSA) is 243 Å². The Morgan fingerprint density at radius 1 is 0.533 bits per heavy atom. The first-order valence-electron chi connectivity index (χ1n) is 46.6. The van der Waals surface area contributed by atoms with Crippen LogP contribution in [0.4, 0.5) is 0 Å². The molecule has 4 saturated carbocycles. The maximum Gasteiger partial charge on any atom is 0.317 e. The molecule has 122 heavy (non-hydrogen) atoms. The van der Waals surface area contributed by atoms with E-state index in [0.717, 1.165) is 55.2 Å². The van der Waals surface area contributed by atoms with Crippen LogP contribution in [0.5, 0.6) is 0 Å². The highest BCUT2D eigenvalue weighted by Gasteiger charge is 2.74. The zero-order valence-corrected chi connectivity index (χ0v) is 76.8. The number of esters is 1. The van der Waals surface area contributed by atoms with Crippen molar-refractivity contribution in [3.05, 3.63) is 119 Å². The second-order valence-corrected chi connectivity index (χ2v) is 41.9. The molecule has 0 radical (unpaired) electrons. The van der Waals surface area contributed by atoms with E-state index >= 15 is 4.79 Å². The Kier molecular flexibility index (Phi) is 27.8. The Morgan fingerprint density at radius 3 is 1.80 bits per heavy atom. The maximum atomic E-state index is 16.9. The molecule has 7 saturated heterocycles. The van der Waals surface area contributed by atoms with Gasteiger partial charge >= 0.3 is 5.97 Å². The maximum absolute atomic E-state index is 16.9. The van der Waals surface area contributed by atoms with Crippen LogP contribution in [0.1, 0.15) is 219 Å². The minimum atomic E-state index is -1.30. The molecule has 2 N–H and O–H groups in total. The summed E-state index contributed by atoms with van der Waals surface area (Å²) in [7, 11) is 1.77. The lowest BCUT2D eigenvalue weighted by Gasteiger charge is -2.71. The van der Waals surface area contributed by atoms with E-state index in [1.165, 1.54) is 11.9 Å². The number of fused-ring (bicyclic) bond motifs is 8. The average Bonchev–Trinajstić information content (AvgIpc) is 0.693. The standard InChI is InChI=1S/C100H147NO21/c1-22-71-58(5)57(4)60(7)89(112-71)119-85-81(116-87-59(6)56(3)55(2)48-109-87)62(9)79(64(11)103)115-91(85)114-76-41-42-96(17)74(97(76,18)54-102)40-43-98(19)75(96)39-38-69-70-46-94(13,14)44-45-100(70,77(105-21)47-99(69,98)20)93(104)120-90-82(61(8)78(101)72(113-90)52-106-49-66-32-26-23-27-33-66)117-92-86-84(121-95(15,16)122-86)83(65(12)111-92)118-88-63(10)80(108-51-68-36-30-25-31-37-68)73(53-110-88)107-50-67-34-28-24-29-35-67/h23-38,54-63,65,70-92H,22,39-53,101H2,1-21H3/t55-,56+,57+,58-,59?,60?,61?,62-,63?,65?,70?,71?,72?,73-,74-,75?,76+,77?,78-,79?,80?,81+,82?,83+,84?,85?,86?,87+,88+,89+,90+,91-,92+,96?,97-,98+,99-,100-/m1/s1. The predicted octanol–water partition coefficient (Wildman–Crippen LogP) is 16.7. The fourth-order valence-electron chi connectivity index (χ4n) is 25.2. The fourth-order valence-corrected chi connectivity index (χ4v) is 25.2. The number of nitrogens with two attached hydrogens (primary N) is 1. The van der Waals surface area contributed by atoms with Gasteiger partial charge in [0.1, 0.15) is 60.5 Å². The van der Waals surface area contributed by atoms with Crippen LogP contribution in [0.3, 0.4) is 0 Å². The van der Waals surface area contributed by atoms with Crippen LogP contribution in [0.25, 0.3) is 0 Å². The van der Waals surface area contributed by atoms with Gasteiger partial charge in [-0.1, -0.05) is 213 Å². The molecule has 7 aliphatic heterocycles. The van der Waals surface area contributed by atoms with Gasteiger partial charge in [0.15, 0.2) is 43.0 Å². The number of ether oxygens (including phenoxy) is 18. The number of ketones is 1. The van der Waals surface area contributed by atoms with Gasteiger partial charge < -0.3 is 95.8 Å². The summed E-state index contributed by atoms with van der Waals surface area (Å²) >= 11 is 0. The van der Waals surface area contributed by atoms with E-state index in [-0.39, 0.29) is 82.8 Å². The number of Topliss-reactive ketones (excluding diaryl/α,β-unsaturated/α-hetero) is 1. The summed E-state index contributed by atoms with van der Waals surface area (Å²) in [6, 6.07) is 29.6. The molecule has 22 heteroatoms. The number of methoxy groups -OCH3 is 1. The summed E-state index contributed by atoms with van der Waals surface area (Å²) < 4.78 is 126. The van der Waals surface area contributed by atoms with Crippen molar-refractivity contribution in [2.45, 2.75) is 358 Å². The molecule has 22 nitrogen and oxygen atoms in total. The molecular weight excluding hydrogens is 1550 g/mol. The minimum absolute atomic E-state index is 0.0117. The number of hydrogen-bond acceptors (Lipinski definition) is 22. The van der Waals surface area contributed by atoms with Crippen molar-refractivity contribution in [2.24, 2.45) is 109 Å². The van der Waals surface area contributed by atoms with E-state index < -0.39 is 163 Å². The minimum Gasteiger partial charge on any atom is -0.432 e. The number of benzene rings is 3. The Bertz CT molecular complexity index is 4040. The molecule has 12 aliphatic rings.